The predicted molar refractivity (Wildman–Crippen MR) is 102 cm³/mol. The molecule has 0 spiro atoms. The van der Waals surface area contributed by atoms with E-state index in [9.17, 15) is 14.7 Å². The lowest BCUT2D eigenvalue weighted by atomic mass is 9.73. The molecule has 0 radical (unpaired) electrons. The first-order chi connectivity index (χ1) is 11.9. The molecular formula is C22H34O4. The zero-order valence-corrected chi connectivity index (χ0v) is 17.0. The second-order valence-electron chi connectivity index (χ2n) is 9.30. The highest BCUT2D eigenvalue weighted by molar-refractivity contribution is 5.95. The van der Waals surface area contributed by atoms with Crippen molar-refractivity contribution in [3.8, 4) is 0 Å². The summed E-state index contributed by atoms with van der Waals surface area (Å²) in [7, 11) is 0. The number of esters is 1. The zero-order valence-electron chi connectivity index (χ0n) is 17.0. The minimum atomic E-state index is -1.56. The van der Waals surface area contributed by atoms with Crippen LogP contribution in [0.3, 0.4) is 0 Å². The summed E-state index contributed by atoms with van der Waals surface area (Å²) in [4.78, 5) is 24.1. The van der Waals surface area contributed by atoms with Crippen LogP contribution in [0.4, 0.5) is 0 Å². The smallest absolute Gasteiger partial charge is 0.305 e. The first-order valence-corrected chi connectivity index (χ1v) is 9.75. The van der Waals surface area contributed by atoms with Gasteiger partial charge in [-0.1, -0.05) is 45.4 Å². The number of carbonyl (C=O) groups is 2. The van der Waals surface area contributed by atoms with E-state index in [4.69, 9.17) is 4.74 Å². The third kappa shape index (κ3) is 4.64. The Morgan fingerprint density at radius 3 is 2.54 bits per heavy atom. The first kappa shape index (κ1) is 20.9. The SMILES string of the molecule is CC(=O)O[C@@]1(O)CC[C@@H](/C(C)=C\CCC(C)(C)C)[C@H]1[C@H]1C(=O)C=C[C@H]1C. The van der Waals surface area contributed by atoms with Gasteiger partial charge in [0.25, 0.3) is 0 Å². The Morgan fingerprint density at radius 2 is 2.04 bits per heavy atom. The fraction of sp³-hybridized carbons (Fsp3) is 0.727. The molecule has 2 rings (SSSR count). The van der Waals surface area contributed by atoms with Crippen LogP contribution in [0.15, 0.2) is 23.8 Å². The highest BCUT2D eigenvalue weighted by Crippen LogP contribution is 2.51. The summed E-state index contributed by atoms with van der Waals surface area (Å²) in [5.41, 5.74) is 1.46. The fourth-order valence-corrected chi connectivity index (χ4v) is 4.56. The van der Waals surface area contributed by atoms with Crippen molar-refractivity contribution in [1.82, 2.24) is 0 Å². The Bertz CT molecular complexity index is 610. The van der Waals surface area contributed by atoms with Gasteiger partial charge in [-0.3, -0.25) is 9.59 Å². The highest BCUT2D eigenvalue weighted by atomic mass is 16.7. The van der Waals surface area contributed by atoms with Crippen molar-refractivity contribution in [3.63, 3.8) is 0 Å². The number of carbonyl (C=O) groups excluding carboxylic acids is 2. The lowest BCUT2D eigenvalue weighted by Gasteiger charge is -2.37. The van der Waals surface area contributed by atoms with Crippen LogP contribution in [0.2, 0.25) is 0 Å². The van der Waals surface area contributed by atoms with Crippen LogP contribution in [0.5, 0.6) is 0 Å². The molecule has 26 heavy (non-hydrogen) atoms. The molecule has 0 aliphatic heterocycles. The molecular weight excluding hydrogens is 328 g/mol. The van der Waals surface area contributed by atoms with Gasteiger partial charge in [-0.05, 0) is 49.5 Å². The van der Waals surface area contributed by atoms with Gasteiger partial charge in [0.15, 0.2) is 5.78 Å². The van der Waals surface area contributed by atoms with E-state index in [1.165, 1.54) is 12.5 Å². The molecule has 2 aliphatic carbocycles. The number of aliphatic hydroxyl groups is 1. The molecule has 0 heterocycles. The molecule has 0 aromatic carbocycles. The van der Waals surface area contributed by atoms with Crippen LogP contribution >= 0.6 is 0 Å². The molecule has 1 fully saturated rings. The van der Waals surface area contributed by atoms with Crippen molar-refractivity contribution in [2.45, 2.75) is 73.0 Å². The van der Waals surface area contributed by atoms with Crippen molar-refractivity contribution in [3.05, 3.63) is 23.8 Å². The van der Waals surface area contributed by atoms with E-state index in [2.05, 4.69) is 33.8 Å². The number of hydrogen-bond donors (Lipinski definition) is 1. The molecule has 1 saturated carbocycles. The third-order valence-corrected chi connectivity index (χ3v) is 5.88. The molecule has 4 heteroatoms. The molecule has 0 aromatic heterocycles. The lowest BCUT2D eigenvalue weighted by Crippen LogP contribution is -2.46. The van der Waals surface area contributed by atoms with Gasteiger partial charge in [-0.2, -0.15) is 0 Å². The van der Waals surface area contributed by atoms with E-state index in [1.54, 1.807) is 6.08 Å². The predicted octanol–water partition coefficient (Wildman–Crippen LogP) is 4.43. The van der Waals surface area contributed by atoms with E-state index < -0.39 is 17.7 Å². The summed E-state index contributed by atoms with van der Waals surface area (Å²) in [6.07, 6.45) is 8.89. The van der Waals surface area contributed by atoms with Gasteiger partial charge in [0.05, 0.1) is 0 Å². The van der Waals surface area contributed by atoms with Crippen LogP contribution in [0.25, 0.3) is 0 Å². The second-order valence-corrected chi connectivity index (χ2v) is 9.30. The molecule has 4 nitrogen and oxygen atoms in total. The van der Waals surface area contributed by atoms with Crippen LogP contribution < -0.4 is 0 Å². The second kappa shape index (κ2) is 7.67. The van der Waals surface area contributed by atoms with E-state index in [0.717, 1.165) is 19.3 Å². The van der Waals surface area contributed by atoms with Gasteiger partial charge in [0, 0.05) is 25.2 Å². The van der Waals surface area contributed by atoms with Gasteiger partial charge in [0.1, 0.15) is 0 Å². The summed E-state index contributed by atoms with van der Waals surface area (Å²) in [5.74, 6) is -2.67. The number of allylic oxidation sites excluding steroid dienone is 4. The average Bonchev–Trinajstić information content (AvgIpc) is 2.96. The van der Waals surface area contributed by atoms with Gasteiger partial charge in [0.2, 0.25) is 5.79 Å². The summed E-state index contributed by atoms with van der Waals surface area (Å²) in [5, 5.41) is 11.1. The Balaban J connectivity index is 2.28. The fourth-order valence-electron chi connectivity index (χ4n) is 4.56. The minimum Gasteiger partial charge on any atom is -0.433 e. The molecule has 5 atom stereocenters. The Kier molecular flexibility index (Phi) is 6.17. The topological polar surface area (TPSA) is 63.6 Å². The summed E-state index contributed by atoms with van der Waals surface area (Å²) >= 11 is 0. The maximum absolute atomic E-state index is 12.5. The zero-order chi connectivity index (χ0) is 19.7. The van der Waals surface area contributed by atoms with Gasteiger partial charge >= 0.3 is 5.97 Å². The quantitative estimate of drug-likeness (QED) is 0.446. The Morgan fingerprint density at radius 1 is 1.38 bits per heavy atom. The average molecular weight is 363 g/mol. The van der Waals surface area contributed by atoms with Crippen LogP contribution in [-0.4, -0.2) is 22.6 Å². The van der Waals surface area contributed by atoms with Crippen LogP contribution in [-0.2, 0) is 14.3 Å². The molecule has 2 aliphatic rings. The molecule has 146 valence electrons. The van der Waals surface area contributed by atoms with Crippen LogP contribution in [0, 0.1) is 29.1 Å². The Labute approximate surface area is 157 Å². The van der Waals surface area contributed by atoms with Gasteiger partial charge in [-0.25, -0.2) is 0 Å². The Hall–Kier alpha value is -1.42. The summed E-state index contributed by atoms with van der Waals surface area (Å²) in [6.45, 7) is 12.0. The minimum absolute atomic E-state index is 0.0301. The maximum Gasteiger partial charge on any atom is 0.305 e. The third-order valence-electron chi connectivity index (χ3n) is 5.88. The van der Waals surface area contributed by atoms with Crippen molar-refractivity contribution in [2.75, 3.05) is 0 Å². The molecule has 0 bridgehead atoms. The maximum atomic E-state index is 12.5. The number of rotatable bonds is 5. The standard InChI is InChI=1S/C22H34O4/c1-14(8-7-12-21(4,5)6)17-11-13-22(25,26-16(3)23)20(17)19-15(2)9-10-18(19)24/h8-10,15,17,19-20,25H,7,11-13H2,1-6H3/b14-8-/t15-,17+,19-,20+,22+/m1/s1. The molecule has 0 saturated heterocycles. The largest absolute Gasteiger partial charge is 0.433 e. The van der Waals surface area contributed by atoms with Gasteiger partial charge < -0.3 is 9.84 Å². The van der Waals surface area contributed by atoms with Crippen molar-refractivity contribution < 1.29 is 19.4 Å². The van der Waals surface area contributed by atoms with Gasteiger partial charge in [-0.15, -0.1) is 0 Å². The summed E-state index contributed by atoms with van der Waals surface area (Å²) in [6, 6.07) is 0. The van der Waals surface area contributed by atoms with E-state index in [0.29, 0.717) is 6.42 Å². The molecule has 0 amide bonds. The van der Waals surface area contributed by atoms with Crippen LogP contribution in [0.1, 0.15) is 67.2 Å². The lowest BCUT2D eigenvalue weighted by molar-refractivity contribution is -0.231. The van der Waals surface area contributed by atoms with Crippen molar-refractivity contribution in [2.24, 2.45) is 29.1 Å². The molecule has 1 N–H and O–H groups in total. The van der Waals surface area contributed by atoms with E-state index >= 15 is 0 Å². The highest BCUT2D eigenvalue weighted by Gasteiger charge is 2.56. The molecule has 0 aromatic rings. The number of hydrogen-bond acceptors (Lipinski definition) is 4. The monoisotopic (exact) mass is 362 g/mol. The van der Waals surface area contributed by atoms with Crippen molar-refractivity contribution >= 4 is 11.8 Å². The number of ether oxygens (including phenoxy) is 1. The van der Waals surface area contributed by atoms with E-state index in [1.807, 2.05) is 13.0 Å². The first-order valence-electron chi connectivity index (χ1n) is 9.75. The normalized spacial score (nSPS) is 35.2. The van der Waals surface area contributed by atoms with E-state index in [-0.39, 0.29) is 29.0 Å². The van der Waals surface area contributed by atoms with Crippen molar-refractivity contribution in [1.29, 1.82) is 0 Å². The summed E-state index contributed by atoms with van der Waals surface area (Å²) < 4.78 is 5.37. The molecule has 0 unspecified atom stereocenters. The number of ketones is 1.